The Morgan fingerprint density at radius 3 is 2.48 bits per heavy atom. The van der Waals surface area contributed by atoms with Crippen LogP contribution in [-0.4, -0.2) is 6.04 Å². The van der Waals surface area contributed by atoms with Crippen molar-refractivity contribution in [3.8, 4) is 5.75 Å². The summed E-state index contributed by atoms with van der Waals surface area (Å²) >= 11 is 6.85. The molecule has 2 rings (SSSR count). The van der Waals surface area contributed by atoms with E-state index in [4.69, 9.17) is 10.5 Å². The van der Waals surface area contributed by atoms with E-state index < -0.39 is 0 Å². The van der Waals surface area contributed by atoms with Gasteiger partial charge in [0.15, 0.2) is 0 Å². The molecule has 0 aliphatic heterocycles. The van der Waals surface area contributed by atoms with Gasteiger partial charge in [-0.05, 0) is 46.6 Å². The van der Waals surface area contributed by atoms with Crippen molar-refractivity contribution in [2.24, 2.45) is 5.73 Å². The highest BCUT2D eigenvalue weighted by Crippen LogP contribution is 2.34. The predicted molar refractivity (Wildman–Crippen MR) is 89.9 cm³/mol. The zero-order valence-electron chi connectivity index (χ0n) is 11.5. The first-order valence-corrected chi connectivity index (χ1v) is 8.23. The second kappa shape index (κ2) is 7.38. The van der Waals surface area contributed by atoms with Crippen LogP contribution in [0.2, 0.25) is 0 Å². The molecule has 0 fully saturated rings. The van der Waals surface area contributed by atoms with Gasteiger partial charge in [-0.15, -0.1) is 0 Å². The highest BCUT2D eigenvalue weighted by Gasteiger charge is 2.23. The number of nitrogens with two attached hydrogens (primary N) is 1. The van der Waals surface area contributed by atoms with Gasteiger partial charge < -0.3 is 10.5 Å². The summed E-state index contributed by atoms with van der Waals surface area (Å²) in [7, 11) is 0. The zero-order valence-corrected chi connectivity index (χ0v) is 14.7. The number of hydrogen-bond donors (Lipinski definition) is 1. The molecule has 0 spiro atoms. The average Bonchev–Trinajstić information content (AvgIpc) is 2.47. The molecule has 0 saturated carbocycles. The lowest BCUT2D eigenvalue weighted by Gasteiger charge is -2.26. The number of rotatable bonds is 5. The molecule has 0 amide bonds. The summed E-state index contributed by atoms with van der Waals surface area (Å²) in [6.45, 7) is 2.01. The van der Waals surface area contributed by atoms with Crippen LogP contribution in [0.4, 0.5) is 4.39 Å². The lowest BCUT2D eigenvalue weighted by atomic mass is 10.0. The molecule has 5 heteroatoms. The van der Waals surface area contributed by atoms with Crippen LogP contribution >= 0.6 is 31.9 Å². The fourth-order valence-corrected chi connectivity index (χ4v) is 2.96. The molecule has 0 heterocycles. The quantitative estimate of drug-likeness (QED) is 0.726. The topological polar surface area (TPSA) is 35.2 Å². The molecular weight excluding hydrogens is 401 g/mol. The normalized spacial score (nSPS) is 13.8. The van der Waals surface area contributed by atoms with E-state index in [1.165, 1.54) is 12.1 Å². The maximum Gasteiger partial charge on any atom is 0.140 e. The van der Waals surface area contributed by atoms with Gasteiger partial charge in [0.1, 0.15) is 17.7 Å². The summed E-state index contributed by atoms with van der Waals surface area (Å²) in [6, 6.07) is 12.0. The third kappa shape index (κ3) is 4.05. The molecule has 0 bridgehead atoms. The average molecular weight is 417 g/mol. The minimum absolute atomic E-state index is 0.166. The second-order valence-electron chi connectivity index (χ2n) is 4.71. The molecule has 2 N–H and O–H groups in total. The standard InChI is InChI=1S/C16H16Br2FNO/c1-2-14(20)16(11-5-3-4-6-12(11)17)21-15-8-7-10(19)9-13(15)18/h3-9,14,16H,2,20H2,1H3. The second-order valence-corrected chi connectivity index (χ2v) is 6.42. The van der Waals surface area contributed by atoms with Crippen LogP contribution in [0, 0.1) is 5.82 Å². The first kappa shape index (κ1) is 16.5. The highest BCUT2D eigenvalue weighted by molar-refractivity contribution is 9.10. The Labute approximate surface area is 140 Å². The van der Waals surface area contributed by atoms with Crippen molar-refractivity contribution >= 4 is 31.9 Å². The number of hydrogen-bond acceptors (Lipinski definition) is 2. The van der Waals surface area contributed by atoms with Crippen molar-refractivity contribution in [2.45, 2.75) is 25.5 Å². The Kier molecular flexibility index (Phi) is 5.79. The molecular formula is C16H16Br2FNO. The van der Waals surface area contributed by atoms with Gasteiger partial charge in [-0.3, -0.25) is 0 Å². The summed E-state index contributed by atoms with van der Waals surface area (Å²) in [5, 5.41) is 0. The number of ether oxygens (including phenoxy) is 1. The smallest absolute Gasteiger partial charge is 0.140 e. The van der Waals surface area contributed by atoms with E-state index in [1.807, 2.05) is 31.2 Å². The zero-order chi connectivity index (χ0) is 15.4. The Bertz CT molecular complexity index is 621. The van der Waals surface area contributed by atoms with Crippen LogP contribution in [0.1, 0.15) is 25.0 Å². The fraction of sp³-hybridized carbons (Fsp3) is 0.250. The SMILES string of the molecule is CCC(N)C(Oc1ccc(F)cc1Br)c1ccccc1Br. The lowest BCUT2D eigenvalue weighted by molar-refractivity contribution is 0.169. The summed E-state index contributed by atoms with van der Waals surface area (Å²) in [5.41, 5.74) is 7.19. The largest absolute Gasteiger partial charge is 0.483 e. The van der Waals surface area contributed by atoms with Crippen molar-refractivity contribution in [2.75, 3.05) is 0 Å². The molecule has 2 aromatic rings. The van der Waals surface area contributed by atoms with E-state index in [9.17, 15) is 4.39 Å². The maximum absolute atomic E-state index is 13.2. The van der Waals surface area contributed by atoms with Gasteiger partial charge in [0.05, 0.1) is 4.47 Å². The van der Waals surface area contributed by atoms with Crippen molar-refractivity contribution < 1.29 is 9.13 Å². The van der Waals surface area contributed by atoms with Crippen molar-refractivity contribution in [3.63, 3.8) is 0 Å². The van der Waals surface area contributed by atoms with Crippen LogP contribution < -0.4 is 10.5 Å². The van der Waals surface area contributed by atoms with E-state index in [0.29, 0.717) is 10.2 Å². The Morgan fingerprint density at radius 1 is 1.14 bits per heavy atom. The summed E-state index contributed by atoms with van der Waals surface area (Å²) < 4.78 is 20.7. The molecule has 0 saturated heterocycles. The molecule has 0 aliphatic carbocycles. The molecule has 112 valence electrons. The van der Waals surface area contributed by atoms with Gasteiger partial charge in [-0.25, -0.2) is 4.39 Å². The third-order valence-corrected chi connectivity index (χ3v) is 4.56. The Balaban J connectivity index is 2.35. The van der Waals surface area contributed by atoms with Gasteiger partial charge in [0.2, 0.25) is 0 Å². The molecule has 2 unspecified atom stereocenters. The molecule has 21 heavy (non-hydrogen) atoms. The third-order valence-electron chi connectivity index (χ3n) is 3.22. The van der Waals surface area contributed by atoms with E-state index >= 15 is 0 Å². The van der Waals surface area contributed by atoms with Crippen molar-refractivity contribution in [3.05, 3.63) is 62.8 Å². The van der Waals surface area contributed by atoms with Crippen LogP contribution in [0.5, 0.6) is 5.75 Å². The number of benzene rings is 2. The van der Waals surface area contributed by atoms with E-state index in [1.54, 1.807) is 6.07 Å². The molecule has 2 atom stereocenters. The molecule has 2 aromatic carbocycles. The van der Waals surface area contributed by atoms with Crippen molar-refractivity contribution in [1.29, 1.82) is 0 Å². The molecule has 0 radical (unpaired) electrons. The Hall–Kier alpha value is -0.910. The lowest BCUT2D eigenvalue weighted by Crippen LogP contribution is -2.31. The predicted octanol–water partition coefficient (Wildman–Crippen LogP) is 5.21. The maximum atomic E-state index is 13.2. The van der Waals surface area contributed by atoms with Gasteiger partial charge in [-0.2, -0.15) is 0 Å². The van der Waals surface area contributed by atoms with Crippen LogP contribution in [0.3, 0.4) is 0 Å². The van der Waals surface area contributed by atoms with E-state index in [2.05, 4.69) is 31.9 Å². The van der Waals surface area contributed by atoms with E-state index in [0.717, 1.165) is 16.5 Å². The van der Waals surface area contributed by atoms with Gasteiger partial charge in [0, 0.05) is 16.1 Å². The first-order chi connectivity index (χ1) is 10.0. The van der Waals surface area contributed by atoms with Crippen LogP contribution in [-0.2, 0) is 0 Å². The minimum atomic E-state index is -0.313. The van der Waals surface area contributed by atoms with Gasteiger partial charge >= 0.3 is 0 Å². The number of halogens is 3. The Morgan fingerprint density at radius 2 is 1.86 bits per heavy atom. The van der Waals surface area contributed by atoms with Crippen LogP contribution in [0.15, 0.2) is 51.4 Å². The van der Waals surface area contributed by atoms with Gasteiger partial charge in [-0.1, -0.05) is 41.1 Å². The van der Waals surface area contributed by atoms with Crippen molar-refractivity contribution in [1.82, 2.24) is 0 Å². The van der Waals surface area contributed by atoms with Crippen LogP contribution in [0.25, 0.3) is 0 Å². The molecule has 0 aliphatic rings. The van der Waals surface area contributed by atoms with Gasteiger partial charge in [0.25, 0.3) is 0 Å². The summed E-state index contributed by atoms with van der Waals surface area (Å²) in [5.74, 6) is 0.257. The monoisotopic (exact) mass is 415 g/mol. The molecule has 0 aromatic heterocycles. The summed E-state index contributed by atoms with van der Waals surface area (Å²) in [6.07, 6.45) is 0.456. The molecule has 2 nitrogen and oxygen atoms in total. The first-order valence-electron chi connectivity index (χ1n) is 6.64. The fourth-order valence-electron chi connectivity index (χ4n) is 2.01. The minimum Gasteiger partial charge on any atom is -0.483 e. The highest BCUT2D eigenvalue weighted by atomic mass is 79.9. The van der Waals surface area contributed by atoms with E-state index in [-0.39, 0.29) is 18.0 Å². The summed E-state index contributed by atoms with van der Waals surface area (Å²) in [4.78, 5) is 0.